The summed E-state index contributed by atoms with van der Waals surface area (Å²) in [6, 6.07) is 13.2. The first-order valence-corrected chi connectivity index (χ1v) is 9.05. The number of hydrogen-bond donors (Lipinski definition) is 1. The van der Waals surface area contributed by atoms with Gasteiger partial charge in [-0.1, -0.05) is 24.6 Å². The van der Waals surface area contributed by atoms with E-state index >= 15 is 0 Å². The van der Waals surface area contributed by atoms with Gasteiger partial charge in [0.05, 0.1) is 10.6 Å². The number of carbonyl (C=O) groups is 1. The Morgan fingerprint density at radius 2 is 2.08 bits per heavy atom. The number of aromatic nitrogens is 2. The first-order valence-electron chi connectivity index (χ1n) is 7.79. The molecule has 0 aliphatic rings. The lowest BCUT2D eigenvalue weighted by Crippen LogP contribution is -2.33. The zero-order valence-corrected chi connectivity index (χ0v) is 15.1. The Morgan fingerprint density at radius 3 is 2.71 bits per heavy atom. The van der Waals surface area contributed by atoms with Crippen LogP contribution in [0.4, 0.5) is 0 Å². The van der Waals surface area contributed by atoms with Crippen LogP contribution in [0.2, 0.25) is 5.02 Å². The van der Waals surface area contributed by atoms with Crippen molar-refractivity contribution in [3.8, 4) is 16.3 Å². The molecule has 1 aromatic carbocycles. The molecule has 3 rings (SSSR count). The Morgan fingerprint density at radius 1 is 1.33 bits per heavy atom. The minimum Gasteiger partial charge on any atom is -0.348 e. The van der Waals surface area contributed by atoms with Crippen molar-refractivity contribution in [3.63, 3.8) is 0 Å². The fourth-order valence-electron chi connectivity index (χ4n) is 2.27. The van der Waals surface area contributed by atoms with Crippen molar-refractivity contribution in [2.75, 3.05) is 0 Å². The fourth-order valence-corrected chi connectivity index (χ4v) is 3.07. The zero-order chi connectivity index (χ0) is 17.1. The van der Waals surface area contributed by atoms with E-state index < -0.39 is 0 Å². The van der Waals surface area contributed by atoms with Gasteiger partial charge in [-0.25, -0.2) is 4.68 Å². The summed E-state index contributed by atoms with van der Waals surface area (Å²) in [6.07, 6.45) is 0.874. The molecule has 2 aromatic heterocycles. The third kappa shape index (κ3) is 3.52. The Hall–Kier alpha value is -2.11. The van der Waals surface area contributed by atoms with Gasteiger partial charge in [-0.05, 0) is 55.1 Å². The van der Waals surface area contributed by atoms with Crippen LogP contribution in [0, 0.1) is 0 Å². The normalized spacial score (nSPS) is 12.1. The van der Waals surface area contributed by atoms with Crippen LogP contribution in [0.1, 0.15) is 30.8 Å². The SMILES string of the molecule is CC[C@@H](C)NC(=O)c1cc(-c2cccs2)nn1-c1ccc(Cl)cc1. The molecule has 1 amide bonds. The molecule has 4 nitrogen and oxygen atoms in total. The van der Waals surface area contributed by atoms with E-state index in [2.05, 4.69) is 10.4 Å². The van der Waals surface area contributed by atoms with Crippen LogP contribution in [0.25, 0.3) is 16.3 Å². The van der Waals surface area contributed by atoms with Crippen LogP contribution in [0.5, 0.6) is 0 Å². The molecule has 0 bridgehead atoms. The molecule has 1 N–H and O–H groups in total. The highest BCUT2D eigenvalue weighted by molar-refractivity contribution is 7.13. The summed E-state index contributed by atoms with van der Waals surface area (Å²) in [6.45, 7) is 4.03. The minimum absolute atomic E-state index is 0.108. The summed E-state index contributed by atoms with van der Waals surface area (Å²) >= 11 is 7.57. The molecule has 0 radical (unpaired) electrons. The molecule has 3 aromatic rings. The van der Waals surface area contributed by atoms with Crippen LogP contribution in [-0.2, 0) is 0 Å². The predicted molar refractivity (Wildman–Crippen MR) is 99.1 cm³/mol. The van der Waals surface area contributed by atoms with E-state index in [1.54, 1.807) is 28.2 Å². The van der Waals surface area contributed by atoms with Gasteiger partial charge in [0.1, 0.15) is 11.4 Å². The number of hydrogen-bond acceptors (Lipinski definition) is 3. The number of amides is 1. The van der Waals surface area contributed by atoms with Gasteiger partial charge in [0.15, 0.2) is 0 Å². The number of thiophene rings is 1. The summed E-state index contributed by atoms with van der Waals surface area (Å²) in [5, 5.41) is 10.3. The summed E-state index contributed by atoms with van der Waals surface area (Å²) < 4.78 is 1.67. The van der Waals surface area contributed by atoms with Crippen LogP contribution >= 0.6 is 22.9 Å². The molecule has 0 spiro atoms. The van der Waals surface area contributed by atoms with Crippen LogP contribution in [0.15, 0.2) is 47.8 Å². The molecule has 0 aliphatic heterocycles. The Kier molecular flexibility index (Phi) is 5.02. The zero-order valence-electron chi connectivity index (χ0n) is 13.5. The third-order valence-electron chi connectivity index (χ3n) is 3.78. The quantitative estimate of drug-likeness (QED) is 0.712. The number of benzene rings is 1. The number of nitrogens with zero attached hydrogens (tertiary/aromatic N) is 2. The number of nitrogens with one attached hydrogen (secondary N) is 1. The number of halogens is 1. The van der Waals surface area contributed by atoms with Gasteiger partial charge < -0.3 is 5.32 Å². The highest BCUT2D eigenvalue weighted by Crippen LogP contribution is 2.26. The first-order chi connectivity index (χ1) is 11.6. The maximum Gasteiger partial charge on any atom is 0.270 e. The van der Waals surface area contributed by atoms with E-state index in [0.29, 0.717) is 10.7 Å². The lowest BCUT2D eigenvalue weighted by molar-refractivity contribution is 0.0931. The van der Waals surface area contributed by atoms with Crippen molar-refractivity contribution in [1.29, 1.82) is 0 Å². The smallest absolute Gasteiger partial charge is 0.270 e. The lowest BCUT2D eigenvalue weighted by atomic mass is 10.2. The molecule has 0 fully saturated rings. The van der Waals surface area contributed by atoms with E-state index in [1.807, 2.05) is 49.6 Å². The largest absolute Gasteiger partial charge is 0.348 e. The summed E-state index contributed by atoms with van der Waals surface area (Å²) in [5.41, 5.74) is 2.10. The van der Waals surface area contributed by atoms with Crippen molar-refractivity contribution in [2.24, 2.45) is 0 Å². The summed E-state index contributed by atoms with van der Waals surface area (Å²) in [4.78, 5) is 13.7. The van der Waals surface area contributed by atoms with E-state index in [1.165, 1.54) is 0 Å². The van der Waals surface area contributed by atoms with Crippen LogP contribution in [-0.4, -0.2) is 21.7 Å². The maximum absolute atomic E-state index is 12.7. The molecular weight excluding hydrogens is 342 g/mol. The minimum atomic E-state index is -0.130. The van der Waals surface area contributed by atoms with Crippen LogP contribution < -0.4 is 5.32 Å². The summed E-state index contributed by atoms with van der Waals surface area (Å²) in [7, 11) is 0. The topological polar surface area (TPSA) is 46.9 Å². The van der Waals surface area contributed by atoms with Gasteiger partial charge in [0, 0.05) is 11.1 Å². The number of rotatable bonds is 5. The molecule has 0 saturated carbocycles. The van der Waals surface area contributed by atoms with Crippen molar-refractivity contribution in [2.45, 2.75) is 26.3 Å². The highest BCUT2D eigenvalue weighted by Gasteiger charge is 2.19. The van der Waals surface area contributed by atoms with Crippen LogP contribution in [0.3, 0.4) is 0 Å². The fraction of sp³-hybridized carbons (Fsp3) is 0.222. The lowest BCUT2D eigenvalue weighted by Gasteiger charge is -2.12. The van der Waals surface area contributed by atoms with Crippen molar-refractivity contribution >= 4 is 28.8 Å². The molecular formula is C18H18ClN3OS. The Bertz CT molecular complexity index is 825. The Labute approximate surface area is 150 Å². The van der Waals surface area contributed by atoms with Gasteiger partial charge >= 0.3 is 0 Å². The molecule has 24 heavy (non-hydrogen) atoms. The molecule has 2 heterocycles. The van der Waals surface area contributed by atoms with E-state index in [0.717, 1.165) is 22.7 Å². The third-order valence-corrected chi connectivity index (χ3v) is 4.92. The second-order valence-corrected chi connectivity index (χ2v) is 6.95. The van der Waals surface area contributed by atoms with Crippen molar-refractivity contribution < 1.29 is 4.79 Å². The predicted octanol–water partition coefficient (Wildman–Crippen LogP) is 4.78. The monoisotopic (exact) mass is 359 g/mol. The van der Waals surface area contributed by atoms with Gasteiger partial charge in [-0.15, -0.1) is 11.3 Å². The van der Waals surface area contributed by atoms with Crippen molar-refractivity contribution in [3.05, 3.63) is 58.6 Å². The standard InChI is InChI=1S/C18H18ClN3OS/c1-3-12(2)20-18(23)16-11-15(17-5-4-10-24-17)21-22(16)14-8-6-13(19)7-9-14/h4-12H,3H2,1-2H3,(H,20,23)/t12-/m1/s1. The van der Waals surface area contributed by atoms with Gasteiger partial charge in [-0.3, -0.25) is 4.79 Å². The average molecular weight is 360 g/mol. The molecule has 1 atom stereocenters. The van der Waals surface area contributed by atoms with Gasteiger partial charge in [0.25, 0.3) is 5.91 Å². The first kappa shape index (κ1) is 16.7. The average Bonchev–Trinajstić information content (AvgIpc) is 3.24. The molecule has 124 valence electrons. The Balaban J connectivity index is 2.04. The van der Waals surface area contributed by atoms with E-state index in [9.17, 15) is 4.79 Å². The maximum atomic E-state index is 12.7. The number of carbonyl (C=O) groups excluding carboxylic acids is 1. The second-order valence-electron chi connectivity index (χ2n) is 5.56. The van der Waals surface area contributed by atoms with E-state index in [-0.39, 0.29) is 11.9 Å². The van der Waals surface area contributed by atoms with E-state index in [4.69, 9.17) is 11.6 Å². The molecule has 0 aliphatic carbocycles. The molecule has 0 saturated heterocycles. The van der Waals surface area contributed by atoms with Crippen molar-refractivity contribution in [1.82, 2.24) is 15.1 Å². The molecule has 6 heteroatoms. The van der Waals surface area contributed by atoms with Gasteiger partial charge in [0.2, 0.25) is 0 Å². The summed E-state index contributed by atoms with van der Waals surface area (Å²) in [5.74, 6) is -0.130. The van der Waals surface area contributed by atoms with Gasteiger partial charge in [-0.2, -0.15) is 5.10 Å². The molecule has 0 unspecified atom stereocenters. The highest BCUT2D eigenvalue weighted by atomic mass is 35.5. The second kappa shape index (κ2) is 7.20.